The van der Waals surface area contributed by atoms with Crippen LogP contribution >= 0.6 is 11.3 Å². The van der Waals surface area contributed by atoms with Crippen molar-refractivity contribution in [2.45, 2.75) is 19.9 Å². The number of rotatable bonds is 8. The van der Waals surface area contributed by atoms with Crippen LogP contribution in [-0.4, -0.2) is 70.7 Å². The summed E-state index contributed by atoms with van der Waals surface area (Å²) >= 11 is 1.59. The smallest absolute Gasteiger partial charge is 0.257 e. The molecule has 1 aliphatic rings. The zero-order valence-corrected chi connectivity index (χ0v) is 19.2. The lowest BCUT2D eigenvalue weighted by Gasteiger charge is -2.34. The highest BCUT2D eigenvalue weighted by molar-refractivity contribution is 7.13. The predicted molar refractivity (Wildman–Crippen MR) is 127 cm³/mol. The molecule has 0 unspecified atom stereocenters. The van der Waals surface area contributed by atoms with Gasteiger partial charge >= 0.3 is 0 Å². The summed E-state index contributed by atoms with van der Waals surface area (Å²) in [5, 5.41) is 9.68. The van der Waals surface area contributed by atoms with Crippen molar-refractivity contribution in [3.63, 3.8) is 0 Å². The topological polar surface area (TPSA) is 70.5 Å². The summed E-state index contributed by atoms with van der Waals surface area (Å²) in [4.78, 5) is 30.4. The second kappa shape index (κ2) is 10.6. The minimum absolute atomic E-state index is 0.00259. The molecule has 32 heavy (non-hydrogen) atoms. The van der Waals surface area contributed by atoms with E-state index in [4.69, 9.17) is 5.10 Å². The van der Waals surface area contributed by atoms with Crippen molar-refractivity contribution in [3.05, 3.63) is 65.2 Å². The van der Waals surface area contributed by atoms with Crippen molar-refractivity contribution in [2.75, 3.05) is 39.3 Å². The number of hydrogen-bond acceptors (Lipinski definition) is 5. The van der Waals surface area contributed by atoms with Crippen LogP contribution in [0.5, 0.6) is 0 Å². The fourth-order valence-corrected chi connectivity index (χ4v) is 4.55. The standard InChI is InChI=1S/C24H29N5O2S/c1-2-10-25-22(30)18-27-11-13-28(14-12-27)24(31)20-17-29(16-19-7-4-3-5-8-19)26-23(20)21-9-6-15-32-21/h3-9,15,17H,2,10-14,16,18H2,1H3,(H,25,30). The van der Waals surface area contributed by atoms with Crippen molar-refractivity contribution in [3.8, 4) is 10.6 Å². The van der Waals surface area contributed by atoms with E-state index in [2.05, 4.69) is 22.3 Å². The number of hydrogen-bond donors (Lipinski definition) is 1. The molecule has 2 amide bonds. The number of piperazine rings is 1. The third-order valence-corrected chi connectivity index (χ3v) is 6.41. The van der Waals surface area contributed by atoms with Gasteiger partial charge in [0.2, 0.25) is 5.91 Å². The molecule has 8 heteroatoms. The van der Waals surface area contributed by atoms with Crippen molar-refractivity contribution >= 4 is 23.2 Å². The summed E-state index contributed by atoms with van der Waals surface area (Å²) in [5.41, 5.74) is 2.52. The molecule has 0 saturated carbocycles. The Bertz CT molecular complexity index is 1020. The van der Waals surface area contributed by atoms with Crippen LogP contribution in [0.15, 0.2) is 54.0 Å². The summed E-state index contributed by atoms with van der Waals surface area (Å²) in [7, 11) is 0. The summed E-state index contributed by atoms with van der Waals surface area (Å²) in [6.45, 7) is 6.34. The molecule has 1 aromatic carbocycles. The molecule has 168 valence electrons. The Hall–Kier alpha value is -2.97. The van der Waals surface area contributed by atoms with Gasteiger partial charge in [0, 0.05) is 38.9 Å². The van der Waals surface area contributed by atoms with E-state index in [9.17, 15) is 9.59 Å². The Kier molecular flexibility index (Phi) is 7.34. The van der Waals surface area contributed by atoms with Gasteiger partial charge < -0.3 is 10.2 Å². The van der Waals surface area contributed by atoms with Gasteiger partial charge in [-0.05, 0) is 23.4 Å². The Morgan fingerprint density at radius 2 is 1.84 bits per heavy atom. The number of amides is 2. The first-order chi connectivity index (χ1) is 15.6. The number of nitrogens with one attached hydrogen (secondary N) is 1. The molecule has 1 fully saturated rings. The average molecular weight is 452 g/mol. The Morgan fingerprint density at radius 3 is 2.53 bits per heavy atom. The molecular weight excluding hydrogens is 422 g/mol. The van der Waals surface area contributed by atoms with Gasteiger partial charge in [0.15, 0.2) is 0 Å². The van der Waals surface area contributed by atoms with E-state index < -0.39 is 0 Å². The number of carbonyl (C=O) groups is 2. The first kappa shape index (κ1) is 22.2. The van der Waals surface area contributed by atoms with E-state index in [-0.39, 0.29) is 11.8 Å². The van der Waals surface area contributed by atoms with Gasteiger partial charge in [-0.1, -0.05) is 43.3 Å². The lowest BCUT2D eigenvalue weighted by Crippen LogP contribution is -2.51. The van der Waals surface area contributed by atoms with Gasteiger partial charge in [0.05, 0.1) is 23.5 Å². The maximum Gasteiger partial charge on any atom is 0.257 e. The monoisotopic (exact) mass is 451 g/mol. The SMILES string of the molecule is CCCNC(=O)CN1CCN(C(=O)c2cn(Cc3ccccc3)nc2-c2cccs2)CC1. The van der Waals surface area contributed by atoms with Crippen molar-refractivity contribution in [1.29, 1.82) is 0 Å². The van der Waals surface area contributed by atoms with E-state index >= 15 is 0 Å². The highest BCUT2D eigenvalue weighted by Crippen LogP contribution is 2.28. The molecular formula is C24H29N5O2S. The van der Waals surface area contributed by atoms with Gasteiger partial charge in [0.25, 0.3) is 5.91 Å². The molecule has 1 N–H and O–H groups in total. The molecule has 1 aliphatic heterocycles. The number of carbonyl (C=O) groups excluding carboxylic acids is 2. The highest BCUT2D eigenvalue weighted by atomic mass is 32.1. The van der Waals surface area contributed by atoms with Gasteiger partial charge in [-0.15, -0.1) is 11.3 Å². The van der Waals surface area contributed by atoms with Gasteiger partial charge in [-0.25, -0.2) is 0 Å². The van der Waals surface area contributed by atoms with Gasteiger partial charge in [-0.3, -0.25) is 19.2 Å². The van der Waals surface area contributed by atoms with Gasteiger partial charge in [0.1, 0.15) is 5.69 Å². The first-order valence-corrected chi connectivity index (χ1v) is 12.0. The molecule has 4 rings (SSSR count). The fourth-order valence-electron chi connectivity index (χ4n) is 3.83. The second-order valence-corrected chi connectivity index (χ2v) is 8.92. The summed E-state index contributed by atoms with van der Waals surface area (Å²) in [5.74, 6) is 0.0524. The molecule has 0 radical (unpaired) electrons. The van der Waals surface area contributed by atoms with Crippen LogP contribution in [-0.2, 0) is 11.3 Å². The van der Waals surface area contributed by atoms with Crippen LogP contribution in [0.4, 0.5) is 0 Å². The molecule has 0 bridgehead atoms. The molecule has 0 aliphatic carbocycles. The minimum atomic E-state index is 0.00259. The molecule has 3 heterocycles. The summed E-state index contributed by atoms with van der Waals surface area (Å²) < 4.78 is 1.85. The molecule has 1 saturated heterocycles. The normalized spacial score (nSPS) is 14.5. The second-order valence-electron chi connectivity index (χ2n) is 7.97. The van der Waals surface area contributed by atoms with E-state index in [1.54, 1.807) is 11.3 Å². The van der Waals surface area contributed by atoms with Crippen LogP contribution in [0.2, 0.25) is 0 Å². The molecule has 0 atom stereocenters. The van der Waals surface area contributed by atoms with Crippen molar-refractivity contribution in [1.82, 2.24) is 24.9 Å². The number of aromatic nitrogens is 2. The molecule has 7 nitrogen and oxygen atoms in total. The van der Waals surface area contributed by atoms with Crippen LogP contribution < -0.4 is 5.32 Å². The maximum atomic E-state index is 13.4. The van der Waals surface area contributed by atoms with Crippen LogP contribution in [0.1, 0.15) is 29.3 Å². The Balaban J connectivity index is 1.45. The van der Waals surface area contributed by atoms with E-state index in [1.165, 1.54) is 0 Å². The number of nitrogens with zero attached hydrogens (tertiary/aromatic N) is 4. The molecule has 0 spiro atoms. The van der Waals surface area contributed by atoms with E-state index in [0.717, 1.165) is 22.6 Å². The third-order valence-electron chi connectivity index (χ3n) is 5.53. The zero-order valence-electron chi connectivity index (χ0n) is 18.4. The predicted octanol–water partition coefficient (Wildman–Crippen LogP) is 2.94. The van der Waals surface area contributed by atoms with Crippen LogP contribution in [0, 0.1) is 0 Å². The highest BCUT2D eigenvalue weighted by Gasteiger charge is 2.27. The number of benzene rings is 1. The zero-order chi connectivity index (χ0) is 22.3. The molecule has 3 aromatic rings. The Morgan fingerprint density at radius 1 is 1.06 bits per heavy atom. The quantitative estimate of drug-likeness (QED) is 0.572. The first-order valence-electron chi connectivity index (χ1n) is 11.1. The maximum absolute atomic E-state index is 13.4. The van der Waals surface area contributed by atoms with E-state index in [1.807, 2.05) is 58.4 Å². The minimum Gasteiger partial charge on any atom is -0.355 e. The van der Waals surface area contributed by atoms with Crippen molar-refractivity contribution < 1.29 is 9.59 Å². The van der Waals surface area contributed by atoms with Gasteiger partial charge in [-0.2, -0.15) is 5.10 Å². The average Bonchev–Trinajstić information content (AvgIpc) is 3.48. The fraction of sp³-hybridized carbons (Fsp3) is 0.375. The lowest BCUT2D eigenvalue weighted by molar-refractivity contribution is -0.122. The largest absolute Gasteiger partial charge is 0.355 e. The number of thiophene rings is 1. The van der Waals surface area contributed by atoms with E-state index in [0.29, 0.717) is 51.4 Å². The summed E-state index contributed by atoms with van der Waals surface area (Å²) in [6, 6.07) is 14.1. The Labute approximate surface area is 192 Å². The van der Waals surface area contributed by atoms with Crippen LogP contribution in [0.3, 0.4) is 0 Å². The summed E-state index contributed by atoms with van der Waals surface area (Å²) in [6.07, 6.45) is 2.80. The van der Waals surface area contributed by atoms with Crippen molar-refractivity contribution in [2.24, 2.45) is 0 Å². The van der Waals surface area contributed by atoms with Crippen LogP contribution in [0.25, 0.3) is 10.6 Å². The lowest BCUT2D eigenvalue weighted by atomic mass is 10.1. The molecule has 2 aromatic heterocycles. The third kappa shape index (κ3) is 5.44.